The molecule has 0 bridgehead atoms. The summed E-state index contributed by atoms with van der Waals surface area (Å²) in [5.41, 5.74) is 1.25. The van der Waals surface area contributed by atoms with Gasteiger partial charge < -0.3 is 14.8 Å². The summed E-state index contributed by atoms with van der Waals surface area (Å²) in [6.07, 6.45) is -2.33. The zero-order valence-corrected chi connectivity index (χ0v) is 13.9. The second-order valence-electron chi connectivity index (χ2n) is 5.56. The van der Waals surface area contributed by atoms with Crippen molar-refractivity contribution in [2.24, 2.45) is 12.0 Å². The molecule has 0 atom stereocenters. The van der Waals surface area contributed by atoms with Gasteiger partial charge in [-0.3, -0.25) is 4.99 Å². The summed E-state index contributed by atoms with van der Waals surface area (Å²) in [5, 5.41) is 3.16. The topological polar surface area (TPSA) is 32.6 Å². The Bertz CT molecular complexity index is 687. The molecular formula is C17H21F3N4. The molecule has 7 heteroatoms. The lowest BCUT2D eigenvalue weighted by atomic mass is 10.1. The van der Waals surface area contributed by atoms with Crippen molar-refractivity contribution < 1.29 is 13.2 Å². The van der Waals surface area contributed by atoms with Crippen LogP contribution in [0.3, 0.4) is 0 Å². The van der Waals surface area contributed by atoms with E-state index in [9.17, 15) is 13.2 Å². The first-order chi connectivity index (χ1) is 11.3. The summed E-state index contributed by atoms with van der Waals surface area (Å²) >= 11 is 0. The van der Waals surface area contributed by atoms with Gasteiger partial charge in [-0.1, -0.05) is 12.1 Å². The fraction of sp³-hybridized carbons (Fsp3) is 0.353. The van der Waals surface area contributed by atoms with Crippen molar-refractivity contribution in [3.05, 3.63) is 59.4 Å². The number of aryl methyl sites for hydroxylation is 1. The van der Waals surface area contributed by atoms with Gasteiger partial charge in [-0.25, -0.2) is 0 Å². The molecule has 1 heterocycles. The van der Waals surface area contributed by atoms with Crippen LogP contribution in [0.25, 0.3) is 0 Å². The fourth-order valence-electron chi connectivity index (χ4n) is 2.36. The Morgan fingerprint density at radius 1 is 1.21 bits per heavy atom. The Balaban J connectivity index is 1.95. The summed E-state index contributed by atoms with van der Waals surface area (Å²) in [5.74, 6) is 0.677. The first-order valence-corrected chi connectivity index (χ1v) is 7.49. The molecule has 4 nitrogen and oxygen atoms in total. The molecule has 0 radical (unpaired) electrons. The van der Waals surface area contributed by atoms with Crippen LogP contribution in [0.1, 0.15) is 16.8 Å². The Labute approximate surface area is 139 Å². The minimum Gasteiger partial charge on any atom is -0.353 e. The Kier molecular flexibility index (Phi) is 5.54. The van der Waals surface area contributed by atoms with Gasteiger partial charge in [0, 0.05) is 39.6 Å². The van der Waals surface area contributed by atoms with Gasteiger partial charge in [-0.15, -0.1) is 0 Å². The van der Waals surface area contributed by atoms with Crippen LogP contribution in [0, 0.1) is 0 Å². The minimum absolute atomic E-state index is 0.405. The predicted octanol–water partition coefficient (Wildman–Crippen LogP) is 3.25. The third-order valence-electron chi connectivity index (χ3n) is 3.76. The smallest absolute Gasteiger partial charge is 0.353 e. The molecule has 0 fully saturated rings. The molecule has 24 heavy (non-hydrogen) atoms. The van der Waals surface area contributed by atoms with Crippen molar-refractivity contribution in [2.75, 3.05) is 14.1 Å². The van der Waals surface area contributed by atoms with Crippen LogP contribution in [-0.4, -0.2) is 29.5 Å². The van der Waals surface area contributed by atoms with E-state index in [1.807, 2.05) is 41.9 Å². The molecule has 0 saturated carbocycles. The van der Waals surface area contributed by atoms with E-state index in [-0.39, 0.29) is 0 Å². The Morgan fingerprint density at radius 2 is 1.88 bits per heavy atom. The number of aliphatic imine (C=N–C) groups is 1. The lowest BCUT2D eigenvalue weighted by Crippen LogP contribution is -2.38. The molecule has 2 rings (SSSR count). The predicted molar refractivity (Wildman–Crippen MR) is 88.5 cm³/mol. The second kappa shape index (κ2) is 7.42. The van der Waals surface area contributed by atoms with Gasteiger partial charge in [0.15, 0.2) is 5.96 Å². The third kappa shape index (κ3) is 4.53. The van der Waals surface area contributed by atoms with E-state index in [4.69, 9.17) is 0 Å². The maximum Gasteiger partial charge on any atom is 0.416 e. The van der Waals surface area contributed by atoms with E-state index < -0.39 is 11.7 Å². The van der Waals surface area contributed by atoms with E-state index in [2.05, 4.69) is 10.3 Å². The van der Waals surface area contributed by atoms with E-state index in [1.165, 1.54) is 12.1 Å². The molecule has 1 aromatic heterocycles. The average Bonchev–Trinajstić information content (AvgIpc) is 2.92. The number of hydrogen-bond donors (Lipinski definition) is 1. The van der Waals surface area contributed by atoms with Crippen molar-refractivity contribution in [1.29, 1.82) is 0 Å². The van der Waals surface area contributed by atoms with Gasteiger partial charge >= 0.3 is 6.18 Å². The number of alkyl halides is 3. The Morgan fingerprint density at radius 3 is 2.38 bits per heavy atom. The number of aromatic nitrogens is 1. The molecule has 0 aliphatic rings. The van der Waals surface area contributed by atoms with Crippen LogP contribution in [0.15, 0.2) is 47.6 Å². The van der Waals surface area contributed by atoms with Gasteiger partial charge in [0.25, 0.3) is 0 Å². The highest BCUT2D eigenvalue weighted by Crippen LogP contribution is 2.29. The standard InChI is InChI=1S/C17H21F3N4/c1-21-16(24(3)12-15-5-4-10-23(15)2)22-11-13-6-8-14(9-7-13)17(18,19)20/h4-10H,11-12H2,1-3H3,(H,21,22). The summed E-state index contributed by atoms with van der Waals surface area (Å²) in [6, 6.07) is 9.13. The summed E-state index contributed by atoms with van der Waals surface area (Å²) in [6.45, 7) is 1.08. The number of nitrogens with zero attached hydrogens (tertiary/aromatic N) is 3. The minimum atomic E-state index is -4.31. The highest BCUT2D eigenvalue weighted by molar-refractivity contribution is 5.79. The van der Waals surface area contributed by atoms with Crippen LogP contribution in [-0.2, 0) is 26.3 Å². The highest BCUT2D eigenvalue weighted by atomic mass is 19.4. The maximum atomic E-state index is 12.6. The van der Waals surface area contributed by atoms with Crippen LogP contribution in [0.5, 0.6) is 0 Å². The molecule has 0 amide bonds. The molecule has 0 aliphatic heterocycles. The van der Waals surface area contributed by atoms with Crippen LogP contribution >= 0.6 is 0 Å². The van der Waals surface area contributed by atoms with Crippen LogP contribution in [0.4, 0.5) is 13.2 Å². The van der Waals surface area contributed by atoms with Gasteiger partial charge in [0.1, 0.15) is 0 Å². The molecule has 2 aromatic rings. The molecule has 130 valence electrons. The lowest BCUT2D eigenvalue weighted by molar-refractivity contribution is -0.137. The number of halogens is 3. The monoisotopic (exact) mass is 338 g/mol. The molecule has 0 aliphatic carbocycles. The molecule has 0 unspecified atom stereocenters. The van der Waals surface area contributed by atoms with Gasteiger partial charge in [0.05, 0.1) is 12.1 Å². The van der Waals surface area contributed by atoms with Gasteiger partial charge in [0.2, 0.25) is 0 Å². The summed E-state index contributed by atoms with van der Waals surface area (Å²) < 4.78 is 39.7. The Hall–Kier alpha value is -2.44. The maximum absolute atomic E-state index is 12.6. The quantitative estimate of drug-likeness (QED) is 0.686. The number of guanidine groups is 1. The van der Waals surface area contributed by atoms with E-state index in [0.29, 0.717) is 19.0 Å². The molecule has 1 aromatic carbocycles. The molecular weight excluding hydrogens is 317 g/mol. The van der Waals surface area contributed by atoms with Crippen LogP contribution < -0.4 is 5.32 Å². The number of rotatable bonds is 4. The first kappa shape index (κ1) is 17.9. The molecule has 0 saturated heterocycles. The summed E-state index contributed by atoms with van der Waals surface area (Å²) in [7, 11) is 5.56. The van der Waals surface area contributed by atoms with E-state index >= 15 is 0 Å². The van der Waals surface area contributed by atoms with Crippen molar-refractivity contribution >= 4 is 5.96 Å². The number of nitrogens with one attached hydrogen (secondary N) is 1. The van der Waals surface area contributed by atoms with Crippen molar-refractivity contribution in [2.45, 2.75) is 19.3 Å². The van der Waals surface area contributed by atoms with Gasteiger partial charge in [-0.05, 0) is 29.8 Å². The van der Waals surface area contributed by atoms with Crippen molar-refractivity contribution in [1.82, 2.24) is 14.8 Å². The zero-order chi connectivity index (χ0) is 17.7. The third-order valence-corrected chi connectivity index (χ3v) is 3.76. The van der Waals surface area contributed by atoms with Crippen LogP contribution in [0.2, 0.25) is 0 Å². The first-order valence-electron chi connectivity index (χ1n) is 7.49. The number of hydrogen-bond acceptors (Lipinski definition) is 1. The zero-order valence-electron chi connectivity index (χ0n) is 13.9. The van der Waals surface area contributed by atoms with Gasteiger partial charge in [-0.2, -0.15) is 13.2 Å². The normalized spacial score (nSPS) is 12.3. The molecule has 0 spiro atoms. The van der Waals surface area contributed by atoms with Crippen molar-refractivity contribution in [3.63, 3.8) is 0 Å². The lowest BCUT2D eigenvalue weighted by Gasteiger charge is -2.22. The second-order valence-corrected chi connectivity index (χ2v) is 5.56. The van der Waals surface area contributed by atoms with E-state index in [1.54, 1.807) is 7.05 Å². The average molecular weight is 338 g/mol. The van der Waals surface area contributed by atoms with Crippen molar-refractivity contribution in [3.8, 4) is 0 Å². The molecule has 1 N–H and O–H groups in total. The largest absolute Gasteiger partial charge is 0.416 e. The fourth-order valence-corrected chi connectivity index (χ4v) is 2.36. The summed E-state index contributed by atoms with van der Waals surface area (Å²) in [4.78, 5) is 6.17. The van der Waals surface area contributed by atoms with E-state index in [0.717, 1.165) is 23.4 Å². The SMILES string of the molecule is CN=C(NCc1ccc(C(F)(F)F)cc1)N(C)Cc1cccn1C. The number of benzene rings is 1. The highest BCUT2D eigenvalue weighted by Gasteiger charge is 2.29.